The van der Waals surface area contributed by atoms with E-state index in [-0.39, 0.29) is 31.1 Å². The smallest absolute Gasteiger partial charge is 0.306 e. The van der Waals surface area contributed by atoms with Crippen molar-refractivity contribution in [1.82, 2.24) is 0 Å². The predicted molar refractivity (Wildman–Crippen MR) is 353 cm³/mol. The van der Waals surface area contributed by atoms with E-state index in [2.05, 4.69) is 93.7 Å². The zero-order valence-electron chi connectivity index (χ0n) is 54.1. The Morgan fingerprint density at radius 2 is 0.481 bits per heavy atom. The molecule has 0 N–H and O–H groups in total. The van der Waals surface area contributed by atoms with Crippen molar-refractivity contribution >= 4 is 17.9 Å². The lowest BCUT2D eigenvalue weighted by Gasteiger charge is -2.18. The molecule has 0 aliphatic rings. The van der Waals surface area contributed by atoms with E-state index in [1.54, 1.807) is 0 Å². The summed E-state index contributed by atoms with van der Waals surface area (Å²) in [6.45, 7) is 6.53. The fourth-order valence-electron chi connectivity index (χ4n) is 10.4. The Bertz CT molecular complexity index is 1490. The molecular formula is C75H134O6. The SMILES string of the molecule is CC/C=C\C/C=C\C/C=C\C/C=C\CCCCC(=O)OCC(COC(=O)CCCCCCCCCCCCCCCCCCCCC/C=C\CCCCCCCCCC)OC(=O)CCCCCCCCC/C=C\CCCCCCCC. The van der Waals surface area contributed by atoms with Gasteiger partial charge >= 0.3 is 17.9 Å². The van der Waals surface area contributed by atoms with Crippen molar-refractivity contribution in [2.24, 2.45) is 0 Å². The molecule has 0 bridgehead atoms. The van der Waals surface area contributed by atoms with Gasteiger partial charge in [-0.1, -0.05) is 312 Å². The van der Waals surface area contributed by atoms with Crippen molar-refractivity contribution in [3.8, 4) is 0 Å². The molecule has 0 saturated carbocycles. The Labute approximate surface area is 503 Å². The molecule has 0 rings (SSSR count). The molecule has 6 nitrogen and oxygen atoms in total. The van der Waals surface area contributed by atoms with Crippen molar-refractivity contribution in [3.63, 3.8) is 0 Å². The summed E-state index contributed by atoms with van der Waals surface area (Å²) in [6, 6.07) is 0. The highest BCUT2D eigenvalue weighted by Gasteiger charge is 2.19. The Balaban J connectivity index is 4.21. The van der Waals surface area contributed by atoms with Crippen LogP contribution in [0.5, 0.6) is 0 Å². The molecule has 470 valence electrons. The fraction of sp³-hybridized carbons (Fsp3) is 0.800. The van der Waals surface area contributed by atoms with Crippen LogP contribution in [-0.4, -0.2) is 37.2 Å². The second-order valence-electron chi connectivity index (χ2n) is 23.8. The number of carbonyl (C=O) groups is 3. The van der Waals surface area contributed by atoms with Gasteiger partial charge in [-0.15, -0.1) is 0 Å². The molecule has 0 spiro atoms. The van der Waals surface area contributed by atoms with Crippen LogP contribution in [0.25, 0.3) is 0 Å². The molecule has 0 fully saturated rings. The van der Waals surface area contributed by atoms with Gasteiger partial charge in [-0.3, -0.25) is 14.4 Å². The fourth-order valence-corrected chi connectivity index (χ4v) is 10.4. The normalized spacial score (nSPS) is 12.5. The van der Waals surface area contributed by atoms with Gasteiger partial charge in [0.1, 0.15) is 13.2 Å². The number of carbonyl (C=O) groups excluding carboxylic acids is 3. The van der Waals surface area contributed by atoms with Crippen molar-refractivity contribution in [1.29, 1.82) is 0 Å². The van der Waals surface area contributed by atoms with Gasteiger partial charge in [-0.25, -0.2) is 0 Å². The molecule has 0 aromatic rings. The van der Waals surface area contributed by atoms with Gasteiger partial charge in [0.2, 0.25) is 0 Å². The molecule has 0 aliphatic carbocycles. The summed E-state index contributed by atoms with van der Waals surface area (Å²) in [6.07, 6.45) is 90.9. The molecule has 0 aliphatic heterocycles. The second-order valence-corrected chi connectivity index (χ2v) is 23.8. The summed E-state index contributed by atoms with van der Waals surface area (Å²) < 4.78 is 16.9. The van der Waals surface area contributed by atoms with Crippen LogP contribution in [0.3, 0.4) is 0 Å². The quantitative estimate of drug-likeness (QED) is 0.0261. The average molecular weight is 1130 g/mol. The zero-order valence-corrected chi connectivity index (χ0v) is 54.1. The van der Waals surface area contributed by atoms with Gasteiger partial charge in [0.25, 0.3) is 0 Å². The highest BCUT2D eigenvalue weighted by molar-refractivity contribution is 5.71. The summed E-state index contributed by atoms with van der Waals surface area (Å²) in [5.41, 5.74) is 0. The zero-order chi connectivity index (χ0) is 58.5. The third-order valence-electron chi connectivity index (χ3n) is 15.7. The first-order valence-electron chi connectivity index (χ1n) is 35.4. The number of ether oxygens (including phenoxy) is 3. The first-order valence-corrected chi connectivity index (χ1v) is 35.4. The summed E-state index contributed by atoms with van der Waals surface area (Å²) in [7, 11) is 0. The Kier molecular flexibility index (Phi) is 66.6. The highest BCUT2D eigenvalue weighted by atomic mass is 16.6. The van der Waals surface area contributed by atoms with E-state index in [1.165, 1.54) is 244 Å². The van der Waals surface area contributed by atoms with Gasteiger partial charge < -0.3 is 14.2 Å². The third kappa shape index (κ3) is 67.5. The van der Waals surface area contributed by atoms with E-state index in [1.807, 2.05) is 0 Å². The van der Waals surface area contributed by atoms with Gasteiger partial charge in [-0.05, 0) is 109 Å². The third-order valence-corrected chi connectivity index (χ3v) is 15.7. The molecule has 1 unspecified atom stereocenters. The summed E-state index contributed by atoms with van der Waals surface area (Å²) in [5, 5.41) is 0. The summed E-state index contributed by atoms with van der Waals surface area (Å²) in [4.78, 5) is 38.4. The average Bonchev–Trinajstić information content (AvgIpc) is 3.47. The molecule has 0 radical (unpaired) electrons. The number of esters is 3. The monoisotopic (exact) mass is 1130 g/mol. The van der Waals surface area contributed by atoms with Crippen LogP contribution in [-0.2, 0) is 28.6 Å². The number of unbranched alkanes of at least 4 members (excludes halogenated alkanes) is 42. The van der Waals surface area contributed by atoms with Crippen LogP contribution in [0.2, 0.25) is 0 Å². The Hall–Kier alpha value is -3.15. The molecule has 0 amide bonds. The van der Waals surface area contributed by atoms with E-state index in [9.17, 15) is 14.4 Å². The summed E-state index contributed by atoms with van der Waals surface area (Å²) >= 11 is 0. The van der Waals surface area contributed by atoms with Gasteiger partial charge in [0.15, 0.2) is 6.10 Å². The maximum Gasteiger partial charge on any atom is 0.306 e. The maximum absolute atomic E-state index is 12.9. The standard InChI is InChI=1S/C75H134O6/c1-4-7-10-13-16-19-22-25-28-30-31-32-33-34-35-36-37-38-39-40-41-42-43-45-47-50-53-56-59-62-65-68-74(77)80-71-72(70-79-73(76)67-64-61-58-55-52-49-46-27-24-21-18-15-12-9-6-3)81-75(78)69-66-63-60-57-54-51-48-44-29-26-23-20-17-14-11-8-5-2/h9,12,18,21,26-27,29-31,46,52,55,72H,4-8,10-11,13-17,19-20,22-25,28,32-45,47-51,53-54,56-71H2,1-3H3/b12-9-,21-18-,29-26-,31-30-,46-27-,55-52-. The second kappa shape index (κ2) is 69.3. The molecule has 0 heterocycles. The van der Waals surface area contributed by atoms with Crippen LogP contribution in [0.15, 0.2) is 72.9 Å². The van der Waals surface area contributed by atoms with Crippen molar-refractivity contribution in [2.75, 3.05) is 13.2 Å². The Morgan fingerprint density at radius 3 is 0.790 bits per heavy atom. The van der Waals surface area contributed by atoms with Crippen LogP contribution < -0.4 is 0 Å². The first-order chi connectivity index (χ1) is 40.0. The molecular weight excluding hydrogens is 997 g/mol. The number of allylic oxidation sites excluding steroid dienone is 12. The minimum absolute atomic E-state index is 0.0873. The maximum atomic E-state index is 12.9. The van der Waals surface area contributed by atoms with E-state index >= 15 is 0 Å². The summed E-state index contributed by atoms with van der Waals surface area (Å²) in [5.74, 6) is -0.916. The highest BCUT2D eigenvalue weighted by Crippen LogP contribution is 2.18. The number of hydrogen-bond acceptors (Lipinski definition) is 6. The molecule has 81 heavy (non-hydrogen) atoms. The van der Waals surface area contributed by atoms with Crippen molar-refractivity contribution in [2.45, 2.75) is 374 Å². The van der Waals surface area contributed by atoms with Crippen LogP contribution >= 0.6 is 0 Å². The number of rotatable bonds is 65. The van der Waals surface area contributed by atoms with Crippen LogP contribution in [0, 0.1) is 0 Å². The van der Waals surface area contributed by atoms with E-state index < -0.39 is 6.10 Å². The van der Waals surface area contributed by atoms with E-state index in [0.29, 0.717) is 19.3 Å². The molecule has 1 atom stereocenters. The van der Waals surface area contributed by atoms with Crippen molar-refractivity contribution < 1.29 is 28.6 Å². The first kappa shape index (κ1) is 77.9. The van der Waals surface area contributed by atoms with Crippen LogP contribution in [0.4, 0.5) is 0 Å². The lowest BCUT2D eigenvalue weighted by atomic mass is 10.0. The van der Waals surface area contributed by atoms with E-state index in [0.717, 1.165) is 83.5 Å². The molecule has 0 aromatic heterocycles. The lowest BCUT2D eigenvalue weighted by Crippen LogP contribution is -2.30. The molecule has 0 aromatic carbocycles. The van der Waals surface area contributed by atoms with Crippen LogP contribution in [0.1, 0.15) is 367 Å². The van der Waals surface area contributed by atoms with Gasteiger partial charge in [0.05, 0.1) is 0 Å². The molecule has 6 heteroatoms. The lowest BCUT2D eigenvalue weighted by molar-refractivity contribution is -0.167. The minimum Gasteiger partial charge on any atom is -0.462 e. The minimum atomic E-state index is -0.795. The molecule has 0 saturated heterocycles. The van der Waals surface area contributed by atoms with Gasteiger partial charge in [-0.2, -0.15) is 0 Å². The van der Waals surface area contributed by atoms with Gasteiger partial charge in [0, 0.05) is 19.3 Å². The Morgan fingerprint density at radius 1 is 0.259 bits per heavy atom. The predicted octanol–water partition coefficient (Wildman–Crippen LogP) is 24.4. The largest absolute Gasteiger partial charge is 0.462 e. The van der Waals surface area contributed by atoms with Crippen molar-refractivity contribution in [3.05, 3.63) is 72.9 Å². The topological polar surface area (TPSA) is 78.9 Å². The number of hydrogen-bond donors (Lipinski definition) is 0. The van der Waals surface area contributed by atoms with E-state index in [4.69, 9.17) is 14.2 Å².